The van der Waals surface area contributed by atoms with E-state index in [0.29, 0.717) is 0 Å². The quantitative estimate of drug-likeness (QED) is 0.789. The van der Waals surface area contributed by atoms with Crippen molar-refractivity contribution in [3.8, 4) is 5.82 Å². The maximum absolute atomic E-state index is 10.8. The number of aryl methyl sites for hydroxylation is 1. The third-order valence-corrected chi connectivity index (χ3v) is 3.68. The van der Waals surface area contributed by atoms with Crippen molar-refractivity contribution in [1.29, 1.82) is 0 Å². The number of rotatable bonds is 3. The Bertz CT molecular complexity index is 601. The predicted octanol–water partition coefficient (Wildman–Crippen LogP) is 1.39. The molecule has 0 amide bonds. The normalized spacial score (nSPS) is 16.4. The van der Waals surface area contributed by atoms with Crippen molar-refractivity contribution in [2.24, 2.45) is 5.92 Å². The minimum absolute atomic E-state index is 0.186. The van der Waals surface area contributed by atoms with Crippen molar-refractivity contribution < 1.29 is 4.79 Å². The highest BCUT2D eigenvalue weighted by atomic mass is 16.1. The van der Waals surface area contributed by atoms with Crippen LogP contribution in [0.3, 0.4) is 0 Å². The molecule has 104 valence electrons. The summed E-state index contributed by atoms with van der Waals surface area (Å²) in [5.74, 6) is 0.976. The molecule has 3 rings (SSSR count). The van der Waals surface area contributed by atoms with Gasteiger partial charge < -0.3 is 9.69 Å². The van der Waals surface area contributed by atoms with Crippen LogP contribution in [0, 0.1) is 12.8 Å². The number of anilines is 1. The van der Waals surface area contributed by atoms with Gasteiger partial charge in [0.05, 0.1) is 11.9 Å². The number of aromatic nitrogens is 4. The molecule has 0 aromatic carbocycles. The summed E-state index contributed by atoms with van der Waals surface area (Å²) in [6, 6.07) is 1.95. The highest BCUT2D eigenvalue weighted by Crippen LogP contribution is 2.25. The molecular formula is C14H17N5O. The van der Waals surface area contributed by atoms with Crippen LogP contribution in [0.5, 0.6) is 0 Å². The molecule has 1 fully saturated rings. The number of carbonyl (C=O) groups is 1. The van der Waals surface area contributed by atoms with E-state index in [1.54, 1.807) is 4.68 Å². The lowest BCUT2D eigenvalue weighted by Gasteiger charge is -2.31. The molecule has 1 aliphatic rings. The first kappa shape index (κ1) is 12.8. The van der Waals surface area contributed by atoms with E-state index in [1.807, 2.05) is 25.4 Å². The molecule has 0 atom stereocenters. The molecule has 0 aliphatic carbocycles. The monoisotopic (exact) mass is 271 g/mol. The Balaban J connectivity index is 1.89. The molecule has 1 saturated heterocycles. The van der Waals surface area contributed by atoms with Crippen LogP contribution in [-0.4, -0.2) is 39.1 Å². The minimum Gasteiger partial charge on any atom is -0.367 e. The second-order valence-electron chi connectivity index (χ2n) is 5.09. The summed E-state index contributed by atoms with van der Waals surface area (Å²) in [7, 11) is 0. The molecule has 0 spiro atoms. The molecule has 0 saturated carbocycles. The fourth-order valence-corrected chi connectivity index (χ4v) is 2.52. The molecule has 0 bridgehead atoms. The first-order valence-electron chi connectivity index (χ1n) is 6.81. The van der Waals surface area contributed by atoms with Gasteiger partial charge in [0.2, 0.25) is 0 Å². The number of hydrogen-bond acceptors (Lipinski definition) is 5. The Morgan fingerprint density at radius 1 is 1.35 bits per heavy atom. The van der Waals surface area contributed by atoms with Crippen molar-refractivity contribution in [3.63, 3.8) is 0 Å². The van der Waals surface area contributed by atoms with Gasteiger partial charge in [0.1, 0.15) is 18.3 Å². The summed E-state index contributed by atoms with van der Waals surface area (Å²) in [6.07, 6.45) is 8.09. The van der Waals surface area contributed by atoms with Gasteiger partial charge >= 0.3 is 0 Å². The van der Waals surface area contributed by atoms with Crippen molar-refractivity contribution >= 4 is 12.0 Å². The van der Waals surface area contributed by atoms with Gasteiger partial charge in [-0.25, -0.2) is 14.6 Å². The highest BCUT2D eigenvalue weighted by Gasteiger charge is 2.22. The van der Waals surface area contributed by atoms with E-state index in [0.717, 1.165) is 49.4 Å². The third-order valence-electron chi connectivity index (χ3n) is 3.68. The Labute approximate surface area is 117 Å². The standard InChI is InChI=1S/C14H17N5O/c1-11-2-7-19(17-11)14-13(8-15-10-16-14)18-5-3-12(9-20)4-6-18/h2,7-10,12H,3-6H2,1H3. The Morgan fingerprint density at radius 3 is 2.80 bits per heavy atom. The van der Waals surface area contributed by atoms with E-state index in [9.17, 15) is 4.79 Å². The van der Waals surface area contributed by atoms with Crippen LogP contribution in [-0.2, 0) is 4.79 Å². The van der Waals surface area contributed by atoms with Crippen LogP contribution in [0.4, 0.5) is 5.69 Å². The predicted molar refractivity (Wildman–Crippen MR) is 74.9 cm³/mol. The Kier molecular flexibility index (Phi) is 3.45. The molecule has 2 aromatic rings. The molecule has 6 heteroatoms. The molecule has 0 radical (unpaired) electrons. The molecular weight excluding hydrogens is 254 g/mol. The van der Waals surface area contributed by atoms with E-state index >= 15 is 0 Å². The van der Waals surface area contributed by atoms with Crippen LogP contribution in [0.25, 0.3) is 5.82 Å². The Morgan fingerprint density at radius 2 is 2.15 bits per heavy atom. The van der Waals surface area contributed by atoms with E-state index in [-0.39, 0.29) is 5.92 Å². The summed E-state index contributed by atoms with van der Waals surface area (Å²) >= 11 is 0. The lowest BCUT2D eigenvalue weighted by Crippen LogP contribution is -2.35. The molecule has 1 aliphatic heterocycles. The molecule has 20 heavy (non-hydrogen) atoms. The molecule has 3 heterocycles. The summed E-state index contributed by atoms with van der Waals surface area (Å²) in [6.45, 7) is 3.65. The van der Waals surface area contributed by atoms with Crippen molar-refractivity contribution in [1.82, 2.24) is 19.7 Å². The van der Waals surface area contributed by atoms with Crippen molar-refractivity contribution in [2.45, 2.75) is 19.8 Å². The first-order chi connectivity index (χ1) is 9.78. The minimum atomic E-state index is 0.186. The second kappa shape index (κ2) is 5.40. The topological polar surface area (TPSA) is 63.9 Å². The lowest BCUT2D eigenvalue weighted by atomic mass is 9.98. The third kappa shape index (κ3) is 2.41. The first-order valence-corrected chi connectivity index (χ1v) is 6.81. The summed E-state index contributed by atoms with van der Waals surface area (Å²) in [5, 5.41) is 4.41. The lowest BCUT2D eigenvalue weighted by molar-refractivity contribution is -0.111. The van der Waals surface area contributed by atoms with Gasteiger partial charge in [-0.15, -0.1) is 0 Å². The Hall–Kier alpha value is -2.24. The number of carbonyl (C=O) groups excluding carboxylic acids is 1. The van der Waals surface area contributed by atoms with E-state index in [4.69, 9.17) is 0 Å². The second-order valence-corrected chi connectivity index (χ2v) is 5.09. The van der Waals surface area contributed by atoms with Gasteiger partial charge in [-0.05, 0) is 25.8 Å². The van der Waals surface area contributed by atoms with Crippen LogP contribution < -0.4 is 4.90 Å². The largest absolute Gasteiger partial charge is 0.367 e. The number of piperidine rings is 1. The maximum Gasteiger partial charge on any atom is 0.180 e. The van der Waals surface area contributed by atoms with Gasteiger partial charge in [-0.3, -0.25) is 0 Å². The molecule has 0 N–H and O–H groups in total. The number of aldehydes is 1. The fraction of sp³-hybridized carbons (Fsp3) is 0.429. The highest BCUT2D eigenvalue weighted by molar-refractivity contribution is 5.59. The van der Waals surface area contributed by atoms with Gasteiger partial charge in [0.15, 0.2) is 5.82 Å². The smallest absolute Gasteiger partial charge is 0.180 e. The zero-order valence-electron chi connectivity index (χ0n) is 11.4. The van der Waals surface area contributed by atoms with Crippen LogP contribution in [0.1, 0.15) is 18.5 Å². The SMILES string of the molecule is Cc1ccn(-c2ncncc2N2CCC(C=O)CC2)n1. The number of nitrogens with zero attached hydrogens (tertiary/aromatic N) is 5. The van der Waals surface area contributed by atoms with E-state index in [2.05, 4.69) is 20.0 Å². The summed E-state index contributed by atoms with van der Waals surface area (Å²) in [4.78, 5) is 21.5. The van der Waals surface area contributed by atoms with Gasteiger partial charge in [-0.1, -0.05) is 0 Å². The molecule has 2 aromatic heterocycles. The fourth-order valence-electron chi connectivity index (χ4n) is 2.52. The number of hydrogen-bond donors (Lipinski definition) is 0. The van der Waals surface area contributed by atoms with Gasteiger partial charge in [-0.2, -0.15) is 5.10 Å². The van der Waals surface area contributed by atoms with Crippen molar-refractivity contribution in [2.75, 3.05) is 18.0 Å². The molecule has 6 nitrogen and oxygen atoms in total. The average Bonchev–Trinajstić information content (AvgIpc) is 2.94. The van der Waals surface area contributed by atoms with Gasteiger partial charge in [0.25, 0.3) is 0 Å². The zero-order chi connectivity index (χ0) is 13.9. The van der Waals surface area contributed by atoms with Crippen LogP contribution in [0.2, 0.25) is 0 Å². The van der Waals surface area contributed by atoms with Gasteiger partial charge in [0, 0.05) is 25.2 Å². The van der Waals surface area contributed by atoms with Crippen molar-refractivity contribution in [3.05, 3.63) is 30.5 Å². The average molecular weight is 271 g/mol. The maximum atomic E-state index is 10.8. The summed E-state index contributed by atoms with van der Waals surface area (Å²) in [5.41, 5.74) is 1.93. The summed E-state index contributed by atoms with van der Waals surface area (Å²) < 4.78 is 1.78. The van der Waals surface area contributed by atoms with Crippen LogP contribution >= 0.6 is 0 Å². The zero-order valence-corrected chi connectivity index (χ0v) is 11.4. The van der Waals surface area contributed by atoms with E-state index < -0.39 is 0 Å². The van der Waals surface area contributed by atoms with E-state index in [1.165, 1.54) is 6.33 Å². The molecule has 0 unspecified atom stereocenters. The van der Waals surface area contributed by atoms with Crippen LogP contribution in [0.15, 0.2) is 24.8 Å².